The summed E-state index contributed by atoms with van der Waals surface area (Å²) in [5.41, 5.74) is 34.3. The minimum absolute atomic E-state index is 0.0438. The van der Waals surface area contributed by atoms with Crippen LogP contribution in [-0.2, 0) is 16.2 Å². The second-order valence-corrected chi connectivity index (χ2v) is 25.7. The van der Waals surface area contributed by atoms with Crippen molar-refractivity contribution >= 4 is 55.8 Å². The van der Waals surface area contributed by atoms with Crippen LogP contribution in [0.5, 0.6) is 0 Å². The second-order valence-electron chi connectivity index (χ2n) is 25.7. The topological polar surface area (TPSA) is 11.4 Å². The second kappa shape index (κ2) is 18.0. The smallest absolute Gasteiger partial charge is 0.0583 e. The van der Waals surface area contributed by atoms with E-state index in [-0.39, 0.29) is 16.2 Å². The van der Waals surface area contributed by atoms with E-state index in [1.165, 1.54) is 139 Å². The fourth-order valence-electron chi connectivity index (χ4n) is 15.2. The van der Waals surface area contributed by atoms with Crippen LogP contribution in [0.25, 0.3) is 66.4 Å². The lowest BCUT2D eigenvalue weighted by molar-refractivity contribution is 0.630. The van der Waals surface area contributed by atoms with Crippen LogP contribution in [0.4, 0.5) is 28.4 Å². The number of benzene rings is 10. The van der Waals surface area contributed by atoms with Crippen molar-refractivity contribution in [3.05, 3.63) is 279 Å². The largest absolute Gasteiger partial charge is 0.314 e. The first-order chi connectivity index (χ1) is 39.5. The number of hydrogen-bond donors (Lipinski definition) is 0. The number of aryl methyl sites for hydroxylation is 4. The van der Waals surface area contributed by atoms with Gasteiger partial charge in [-0.25, -0.2) is 0 Å². The molecule has 0 saturated carbocycles. The zero-order valence-corrected chi connectivity index (χ0v) is 49.0. The van der Waals surface area contributed by atoms with Crippen LogP contribution in [0.2, 0.25) is 0 Å². The Hall–Kier alpha value is -8.92. The summed E-state index contributed by atoms with van der Waals surface area (Å²) >= 11 is 0. The summed E-state index contributed by atoms with van der Waals surface area (Å²) in [7, 11) is 0. The molecular weight excluding hydrogens is 991 g/mol. The molecule has 11 aromatic rings. The number of hydrogen-bond acceptors (Lipinski definition) is 2. The Morgan fingerprint density at radius 3 is 1.44 bits per heavy atom. The van der Waals surface area contributed by atoms with E-state index in [0.717, 1.165) is 35.6 Å². The number of fused-ring (bicyclic) bond motifs is 11. The van der Waals surface area contributed by atoms with E-state index >= 15 is 0 Å². The molecule has 15 rings (SSSR count). The lowest BCUT2D eigenvalue weighted by Crippen LogP contribution is -2.26. The fraction of sp³-hybridized carbons (Fsp3) is 0.190. The van der Waals surface area contributed by atoms with Gasteiger partial charge < -0.3 is 14.4 Å². The predicted molar refractivity (Wildman–Crippen MR) is 347 cm³/mol. The zero-order valence-electron chi connectivity index (χ0n) is 49.0. The average Bonchev–Trinajstić information content (AvgIpc) is 1.94. The highest BCUT2D eigenvalue weighted by Crippen LogP contribution is 2.54. The number of rotatable bonds is 8. The van der Waals surface area contributed by atoms with E-state index in [1.807, 2.05) is 0 Å². The van der Waals surface area contributed by atoms with Crippen LogP contribution in [-0.4, -0.2) is 4.57 Å². The summed E-state index contributed by atoms with van der Waals surface area (Å²) in [6.45, 7) is 23.2. The van der Waals surface area contributed by atoms with Gasteiger partial charge in [-0.15, -0.1) is 0 Å². The molecule has 1 aromatic heterocycles. The average molecular weight is 1060 g/mol. The molecule has 0 bridgehead atoms. The van der Waals surface area contributed by atoms with Gasteiger partial charge in [0.1, 0.15) is 0 Å². The highest BCUT2D eigenvalue weighted by atomic mass is 15.2. The maximum Gasteiger partial charge on any atom is 0.0583 e. The maximum atomic E-state index is 2.56. The molecule has 4 aliphatic rings. The third kappa shape index (κ3) is 7.55. The van der Waals surface area contributed by atoms with Crippen molar-refractivity contribution in [2.24, 2.45) is 0 Å². The van der Waals surface area contributed by atoms with Crippen LogP contribution >= 0.6 is 0 Å². The summed E-state index contributed by atoms with van der Waals surface area (Å²) in [6, 6.07) is 76.8. The predicted octanol–water partition coefficient (Wildman–Crippen LogP) is 21.3. The molecule has 0 amide bonds. The Labute approximate surface area is 484 Å². The minimum atomic E-state index is -0.294. The molecule has 400 valence electrons. The number of aromatic nitrogens is 1. The molecule has 0 spiro atoms. The van der Waals surface area contributed by atoms with Crippen molar-refractivity contribution in [2.45, 2.75) is 98.3 Å². The van der Waals surface area contributed by atoms with Gasteiger partial charge in [-0.3, -0.25) is 0 Å². The van der Waals surface area contributed by atoms with Crippen LogP contribution in [0.3, 0.4) is 0 Å². The summed E-state index contributed by atoms with van der Waals surface area (Å²) < 4.78 is 2.56. The first-order valence-electron chi connectivity index (χ1n) is 29.5. The standard InChI is InChI=1S/C79H69N3/c1-48-37-49(2)40-59(39-48)80(56-29-23-52(24-30-56)54-27-34-64-62-17-11-13-19-68(62)77(5,6)71(64)43-54)58-33-36-74-66(45-58)67-46-61(47-73-76(67)82(74)75-22-16-15-21-70(75)79(73,9)10)81(60-41-50(3)38-51(4)42-60)57-31-25-53(26-32-57)55-28-35-65-63-18-12-14-20-69(63)78(7,8)72(65)44-55/h11-23,25-29,31-47H,24,30H2,1-10H3. The number of allylic oxidation sites excluding steroid dienone is 4. The molecule has 2 heterocycles. The number of para-hydroxylation sites is 1. The van der Waals surface area contributed by atoms with Crippen molar-refractivity contribution in [2.75, 3.05) is 9.80 Å². The molecule has 0 fully saturated rings. The van der Waals surface area contributed by atoms with Gasteiger partial charge >= 0.3 is 0 Å². The molecule has 3 heteroatoms. The molecule has 0 unspecified atom stereocenters. The van der Waals surface area contributed by atoms with Crippen molar-refractivity contribution < 1.29 is 0 Å². The molecule has 0 atom stereocenters. The van der Waals surface area contributed by atoms with Gasteiger partial charge in [-0.1, -0.05) is 163 Å². The van der Waals surface area contributed by atoms with Crippen molar-refractivity contribution in [3.8, 4) is 39.1 Å². The monoisotopic (exact) mass is 1060 g/mol. The van der Waals surface area contributed by atoms with Crippen molar-refractivity contribution in [3.63, 3.8) is 0 Å². The molecule has 1 aliphatic heterocycles. The molecule has 0 saturated heterocycles. The fourth-order valence-corrected chi connectivity index (χ4v) is 15.2. The van der Waals surface area contributed by atoms with E-state index in [4.69, 9.17) is 0 Å². The van der Waals surface area contributed by atoms with E-state index in [9.17, 15) is 0 Å². The Bertz CT molecular complexity index is 4550. The minimum Gasteiger partial charge on any atom is -0.314 e. The zero-order chi connectivity index (χ0) is 56.1. The number of nitrogens with zero attached hydrogens (tertiary/aromatic N) is 3. The van der Waals surface area contributed by atoms with E-state index in [0.29, 0.717) is 0 Å². The first kappa shape index (κ1) is 50.1. The number of anilines is 5. The summed E-state index contributed by atoms with van der Waals surface area (Å²) in [5, 5.41) is 2.49. The SMILES string of the molecule is Cc1cc(C)cc(N(C2=CC=C(c3ccc4c(c3)C(C)(C)c3ccccc3-4)CC2)c2ccc3c(c2)c2cc(N(c4ccc(-c5ccc6c(c5)C(C)(C)c5ccccc5-6)cc4)c4cc(C)cc(C)c4)cc4c2n3-c2ccccc2C4(C)C)c1. The summed E-state index contributed by atoms with van der Waals surface area (Å²) in [4.78, 5) is 5.05. The van der Waals surface area contributed by atoms with Crippen molar-refractivity contribution in [1.29, 1.82) is 0 Å². The van der Waals surface area contributed by atoms with Crippen LogP contribution in [0.15, 0.2) is 218 Å². The molecule has 3 nitrogen and oxygen atoms in total. The normalized spacial score (nSPS) is 15.5. The summed E-state index contributed by atoms with van der Waals surface area (Å²) in [5.74, 6) is 0. The third-order valence-electron chi connectivity index (χ3n) is 19.2. The van der Waals surface area contributed by atoms with E-state index in [1.54, 1.807) is 0 Å². The lowest BCUT2D eigenvalue weighted by Gasteiger charge is -2.36. The van der Waals surface area contributed by atoms with Gasteiger partial charge in [0.2, 0.25) is 0 Å². The Morgan fingerprint density at radius 1 is 0.341 bits per heavy atom. The Kier molecular flexibility index (Phi) is 11.0. The van der Waals surface area contributed by atoms with Gasteiger partial charge in [-0.05, 0) is 232 Å². The molecular formula is C79H69N3. The van der Waals surface area contributed by atoms with E-state index < -0.39 is 0 Å². The molecule has 0 N–H and O–H groups in total. The Balaban J connectivity index is 0.889. The highest BCUT2D eigenvalue weighted by molar-refractivity contribution is 6.14. The van der Waals surface area contributed by atoms with Gasteiger partial charge in [0, 0.05) is 61.2 Å². The quantitative estimate of drug-likeness (QED) is 0.150. The van der Waals surface area contributed by atoms with Gasteiger partial charge in [0.15, 0.2) is 0 Å². The van der Waals surface area contributed by atoms with Gasteiger partial charge in [0.05, 0.1) is 16.7 Å². The van der Waals surface area contributed by atoms with E-state index in [2.05, 4.69) is 296 Å². The van der Waals surface area contributed by atoms with Gasteiger partial charge in [-0.2, -0.15) is 0 Å². The molecule has 10 aromatic carbocycles. The first-order valence-corrected chi connectivity index (χ1v) is 29.5. The van der Waals surface area contributed by atoms with Gasteiger partial charge in [0.25, 0.3) is 0 Å². The van der Waals surface area contributed by atoms with Crippen LogP contribution < -0.4 is 9.80 Å². The van der Waals surface area contributed by atoms with Crippen LogP contribution in [0, 0.1) is 27.7 Å². The summed E-state index contributed by atoms with van der Waals surface area (Å²) in [6.07, 6.45) is 6.67. The molecule has 3 aliphatic carbocycles. The lowest BCUT2D eigenvalue weighted by atomic mass is 9.74. The Morgan fingerprint density at radius 2 is 0.829 bits per heavy atom. The maximum absolute atomic E-state index is 2.56. The van der Waals surface area contributed by atoms with Crippen molar-refractivity contribution in [1.82, 2.24) is 4.57 Å². The third-order valence-corrected chi connectivity index (χ3v) is 19.2. The molecule has 82 heavy (non-hydrogen) atoms. The van der Waals surface area contributed by atoms with Crippen LogP contribution in [0.1, 0.15) is 116 Å². The highest BCUT2D eigenvalue weighted by Gasteiger charge is 2.39. The molecule has 0 radical (unpaired) electrons.